The van der Waals surface area contributed by atoms with Crippen LogP contribution >= 0.6 is 11.6 Å². The summed E-state index contributed by atoms with van der Waals surface area (Å²) in [7, 11) is 0. The number of carboxylic acid groups (broad SMARTS) is 2. The third-order valence-electron chi connectivity index (χ3n) is 6.22. The molecule has 0 radical (unpaired) electrons. The van der Waals surface area contributed by atoms with E-state index in [2.05, 4.69) is 29.2 Å². The second-order valence-corrected chi connectivity index (χ2v) is 9.32. The van der Waals surface area contributed by atoms with E-state index in [0.717, 1.165) is 25.2 Å². The minimum Gasteiger partial charge on any atom is -0.478 e. The third-order valence-corrected chi connectivity index (χ3v) is 6.48. The molecule has 0 saturated carbocycles. The highest BCUT2D eigenvalue weighted by Gasteiger charge is 2.33. The van der Waals surface area contributed by atoms with Gasteiger partial charge >= 0.3 is 11.9 Å². The standard InChI is InChI=1S/C23H26ClN3O2.C4H4O4/c24-21-8-6-19(7-9-21)20-14-22(28)27(16-20)17-23(29)26-12-10-25(11-13-26)15-18-4-2-1-3-5-18;5-3(6)1-2-4(7)8/h1-9,20H,10-17H2;1-2H,(H,5,6)(H,7,8)/b;2-1-. The maximum atomic E-state index is 12.7. The van der Waals surface area contributed by atoms with Gasteiger partial charge in [-0.3, -0.25) is 14.5 Å². The number of rotatable bonds is 7. The summed E-state index contributed by atoms with van der Waals surface area (Å²) in [5, 5.41) is 16.3. The van der Waals surface area contributed by atoms with Crippen LogP contribution in [0.2, 0.25) is 5.02 Å². The van der Waals surface area contributed by atoms with E-state index in [1.807, 2.05) is 35.2 Å². The van der Waals surface area contributed by atoms with E-state index in [0.29, 0.717) is 43.2 Å². The molecule has 2 N–H and O–H groups in total. The van der Waals surface area contributed by atoms with Crippen molar-refractivity contribution in [1.82, 2.24) is 14.7 Å². The Labute approximate surface area is 220 Å². The second kappa shape index (κ2) is 13.6. The molecule has 10 heteroatoms. The van der Waals surface area contributed by atoms with Gasteiger partial charge in [-0.15, -0.1) is 0 Å². The largest absolute Gasteiger partial charge is 0.478 e. The predicted octanol–water partition coefficient (Wildman–Crippen LogP) is 2.71. The minimum absolute atomic E-state index is 0.0504. The summed E-state index contributed by atoms with van der Waals surface area (Å²) in [6.45, 7) is 4.85. The van der Waals surface area contributed by atoms with Gasteiger partial charge in [0.05, 0.1) is 6.54 Å². The summed E-state index contributed by atoms with van der Waals surface area (Å²) in [5.41, 5.74) is 2.40. The molecular weight excluding hydrogens is 498 g/mol. The van der Waals surface area contributed by atoms with Crippen molar-refractivity contribution in [3.05, 3.63) is 82.9 Å². The number of carbonyl (C=O) groups excluding carboxylic acids is 2. The molecule has 2 fully saturated rings. The molecule has 1 unspecified atom stereocenters. The molecule has 4 rings (SSSR count). The fourth-order valence-electron chi connectivity index (χ4n) is 4.29. The first-order chi connectivity index (χ1) is 17.7. The fraction of sp³-hybridized carbons (Fsp3) is 0.333. The molecule has 2 aliphatic heterocycles. The highest BCUT2D eigenvalue weighted by molar-refractivity contribution is 6.30. The van der Waals surface area contributed by atoms with E-state index in [4.69, 9.17) is 21.8 Å². The second-order valence-electron chi connectivity index (χ2n) is 8.88. The molecule has 2 heterocycles. The Morgan fingerprint density at radius 2 is 1.49 bits per heavy atom. The molecule has 2 amide bonds. The number of benzene rings is 2. The molecule has 2 saturated heterocycles. The van der Waals surface area contributed by atoms with E-state index >= 15 is 0 Å². The van der Waals surface area contributed by atoms with Crippen molar-refractivity contribution in [2.45, 2.75) is 18.9 Å². The van der Waals surface area contributed by atoms with E-state index in [1.54, 1.807) is 4.90 Å². The lowest BCUT2D eigenvalue weighted by Gasteiger charge is -2.35. The number of piperazine rings is 1. The number of carbonyl (C=O) groups is 4. The molecule has 196 valence electrons. The molecule has 2 aliphatic rings. The van der Waals surface area contributed by atoms with Gasteiger partial charge in [-0.25, -0.2) is 9.59 Å². The third kappa shape index (κ3) is 9.04. The zero-order valence-corrected chi connectivity index (χ0v) is 21.1. The summed E-state index contributed by atoms with van der Waals surface area (Å²) >= 11 is 5.96. The molecule has 2 aromatic carbocycles. The van der Waals surface area contributed by atoms with Crippen LogP contribution < -0.4 is 0 Å². The van der Waals surface area contributed by atoms with Gasteiger partial charge in [0.2, 0.25) is 11.8 Å². The number of aliphatic carboxylic acids is 2. The first-order valence-electron chi connectivity index (χ1n) is 11.9. The topological polar surface area (TPSA) is 118 Å². The lowest BCUT2D eigenvalue weighted by molar-refractivity contribution is -0.139. The molecule has 2 aromatic rings. The molecule has 1 atom stereocenters. The zero-order valence-electron chi connectivity index (χ0n) is 20.3. The number of halogens is 1. The first-order valence-corrected chi connectivity index (χ1v) is 12.3. The van der Waals surface area contributed by atoms with Crippen molar-refractivity contribution in [3.63, 3.8) is 0 Å². The number of carboxylic acids is 2. The predicted molar refractivity (Wildman–Crippen MR) is 138 cm³/mol. The van der Waals surface area contributed by atoms with Gasteiger partial charge < -0.3 is 20.0 Å². The summed E-state index contributed by atoms with van der Waals surface area (Å²) in [6, 6.07) is 18.0. The zero-order chi connectivity index (χ0) is 26.8. The Hall–Kier alpha value is -3.69. The SMILES string of the molecule is O=C(CN1CC(c2ccc(Cl)cc2)CC1=O)N1CCN(Cc2ccccc2)CC1.O=C(O)/C=C\C(=O)O. The monoisotopic (exact) mass is 527 g/mol. The highest BCUT2D eigenvalue weighted by Crippen LogP contribution is 2.29. The van der Waals surface area contributed by atoms with Gasteiger partial charge in [0.15, 0.2) is 0 Å². The van der Waals surface area contributed by atoms with E-state index in [1.165, 1.54) is 5.56 Å². The lowest BCUT2D eigenvalue weighted by atomic mass is 9.98. The Bertz CT molecular complexity index is 1100. The Morgan fingerprint density at radius 1 is 0.892 bits per heavy atom. The van der Waals surface area contributed by atoms with Crippen LogP contribution in [0.25, 0.3) is 0 Å². The van der Waals surface area contributed by atoms with Crippen LogP contribution in [0, 0.1) is 0 Å². The van der Waals surface area contributed by atoms with Crippen LogP contribution in [0.5, 0.6) is 0 Å². The average Bonchev–Trinajstić information content (AvgIpc) is 3.24. The molecule has 0 aliphatic carbocycles. The molecular formula is C27H30ClN3O6. The van der Waals surface area contributed by atoms with Gasteiger partial charge in [-0.2, -0.15) is 0 Å². The maximum absolute atomic E-state index is 12.7. The van der Waals surface area contributed by atoms with Crippen molar-refractivity contribution < 1.29 is 29.4 Å². The average molecular weight is 528 g/mol. The molecule has 0 spiro atoms. The van der Waals surface area contributed by atoms with Crippen LogP contribution in [-0.2, 0) is 25.7 Å². The fourth-order valence-corrected chi connectivity index (χ4v) is 4.41. The van der Waals surface area contributed by atoms with Crippen LogP contribution in [0.4, 0.5) is 0 Å². The van der Waals surface area contributed by atoms with Crippen molar-refractivity contribution in [3.8, 4) is 0 Å². The summed E-state index contributed by atoms with van der Waals surface area (Å²) in [6.07, 6.45) is 1.57. The Balaban J connectivity index is 0.000000414. The van der Waals surface area contributed by atoms with Crippen molar-refractivity contribution in [2.75, 3.05) is 39.3 Å². The quantitative estimate of drug-likeness (QED) is 0.531. The molecule has 0 aromatic heterocycles. The van der Waals surface area contributed by atoms with Gasteiger partial charge in [-0.1, -0.05) is 54.1 Å². The van der Waals surface area contributed by atoms with E-state index in [-0.39, 0.29) is 24.3 Å². The highest BCUT2D eigenvalue weighted by atomic mass is 35.5. The van der Waals surface area contributed by atoms with Crippen LogP contribution in [0.3, 0.4) is 0 Å². The first kappa shape index (κ1) is 27.9. The van der Waals surface area contributed by atoms with E-state index in [9.17, 15) is 19.2 Å². The summed E-state index contributed by atoms with van der Waals surface area (Å²) in [5.74, 6) is -2.27. The smallest absolute Gasteiger partial charge is 0.328 e. The lowest BCUT2D eigenvalue weighted by Crippen LogP contribution is -2.51. The van der Waals surface area contributed by atoms with Crippen LogP contribution in [0.15, 0.2) is 66.7 Å². The number of amides is 2. The number of nitrogens with zero attached hydrogens (tertiary/aromatic N) is 3. The number of hydrogen-bond donors (Lipinski definition) is 2. The molecule has 37 heavy (non-hydrogen) atoms. The van der Waals surface area contributed by atoms with Gasteiger partial charge in [0.25, 0.3) is 0 Å². The molecule has 9 nitrogen and oxygen atoms in total. The van der Waals surface area contributed by atoms with E-state index < -0.39 is 11.9 Å². The Kier molecular flexibility index (Phi) is 10.2. The Morgan fingerprint density at radius 3 is 2.05 bits per heavy atom. The number of likely N-dealkylation sites (tertiary alicyclic amines) is 1. The van der Waals surface area contributed by atoms with Crippen molar-refractivity contribution >= 4 is 35.4 Å². The van der Waals surface area contributed by atoms with Crippen LogP contribution in [0.1, 0.15) is 23.5 Å². The van der Waals surface area contributed by atoms with Crippen LogP contribution in [-0.4, -0.2) is 87.9 Å². The minimum atomic E-state index is -1.26. The normalized spacial score (nSPS) is 18.0. The number of hydrogen-bond acceptors (Lipinski definition) is 5. The summed E-state index contributed by atoms with van der Waals surface area (Å²) < 4.78 is 0. The van der Waals surface area contributed by atoms with Crippen molar-refractivity contribution in [1.29, 1.82) is 0 Å². The van der Waals surface area contributed by atoms with Gasteiger partial charge in [-0.05, 0) is 23.3 Å². The summed E-state index contributed by atoms with van der Waals surface area (Å²) in [4.78, 5) is 50.2. The van der Waals surface area contributed by atoms with Gasteiger partial charge in [0, 0.05) is 68.8 Å². The van der Waals surface area contributed by atoms with Gasteiger partial charge in [0.1, 0.15) is 0 Å². The maximum Gasteiger partial charge on any atom is 0.328 e. The van der Waals surface area contributed by atoms with Crippen molar-refractivity contribution in [2.24, 2.45) is 0 Å². The molecule has 0 bridgehead atoms.